The molecule has 0 amide bonds. The molecule has 1 heterocycles. The Kier molecular flexibility index (Phi) is 4.03. The van der Waals surface area contributed by atoms with E-state index in [1.165, 1.54) is 30.1 Å². The van der Waals surface area contributed by atoms with Crippen molar-refractivity contribution >= 4 is 32.4 Å². The lowest BCUT2D eigenvalue weighted by molar-refractivity contribution is 0.390. The van der Waals surface area contributed by atoms with Crippen LogP contribution in [-0.2, 0) is 6.42 Å². The van der Waals surface area contributed by atoms with Crippen LogP contribution < -0.4 is 4.90 Å². The molecule has 1 aliphatic carbocycles. The molecule has 0 atom stereocenters. The predicted molar refractivity (Wildman–Crippen MR) is 70.3 cm³/mol. The quantitative estimate of drug-likeness (QED) is 0.772. The van der Waals surface area contributed by atoms with Gasteiger partial charge >= 0.3 is 0 Å². The Labute approximate surface area is 104 Å². The monoisotopic (exact) mass is 288 g/mol. The Morgan fingerprint density at radius 1 is 1.60 bits per heavy atom. The molecule has 0 unspecified atom stereocenters. The van der Waals surface area contributed by atoms with Crippen LogP contribution >= 0.6 is 27.3 Å². The van der Waals surface area contributed by atoms with E-state index in [0.29, 0.717) is 0 Å². The number of aryl methyl sites for hydroxylation is 1. The van der Waals surface area contributed by atoms with Crippen molar-refractivity contribution < 1.29 is 0 Å². The van der Waals surface area contributed by atoms with E-state index in [0.717, 1.165) is 24.3 Å². The number of thiazole rings is 1. The molecule has 2 nitrogen and oxygen atoms in total. The van der Waals surface area contributed by atoms with Crippen LogP contribution in [0.2, 0.25) is 0 Å². The highest BCUT2D eigenvalue weighted by atomic mass is 79.9. The SMILES string of the molecule is CCc1csc(N(CCBr)C2CCC2)n1. The predicted octanol–water partition coefficient (Wildman–Crippen LogP) is 3.46. The first-order valence-corrected chi connectivity index (χ1v) is 7.62. The molecule has 84 valence electrons. The molecule has 0 spiro atoms. The maximum Gasteiger partial charge on any atom is 0.185 e. The Hall–Kier alpha value is -0.0900. The number of nitrogens with zero attached hydrogens (tertiary/aromatic N) is 2. The molecule has 1 aromatic heterocycles. The van der Waals surface area contributed by atoms with Gasteiger partial charge in [0.25, 0.3) is 0 Å². The average molecular weight is 289 g/mol. The Morgan fingerprint density at radius 2 is 2.40 bits per heavy atom. The van der Waals surface area contributed by atoms with Gasteiger partial charge in [-0.3, -0.25) is 0 Å². The van der Waals surface area contributed by atoms with Crippen molar-refractivity contribution in [3.63, 3.8) is 0 Å². The number of hydrogen-bond acceptors (Lipinski definition) is 3. The van der Waals surface area contributed by atoms with Crippen LogP contribution in [0.1, 0.15) is 31.9 Å². The summed E-state index contributed by atoms with van der Waals surface area (Å²) in [6, 6.07) is 0.749. The topological polar surface area (TPSA) is 16.1 Å². The molecule has 0 radical (unpaired) electrons. The van der Waals surface area contributed by atoms with Gasteiger partial charge in [0.2, 0.25) is 0 Å². The largest absolute Gasteiger partial charge is 0.344 e. The third-order valence-corrected chi connectivity index (χ3v) is 4.27. The lowest BCUT2D eigenvalue weighted by Gasteiger charge is -2.37. The van der Waals surface area contributed by atoms with Gasteiger partial charge in [-0.1, -0.05) is 22.9 Å². The molecule has 15 heavy (non-hydrogen) atoms. The molecule has 1 fully saturated rings. The van der Waals surface area contributed by atoms with Crippen LogP contribution in [0.5, 0.6) is 0 Å². The zero-order chi connectivity index (χ0) is 10.7. The third kappa shape index (κ3) is 2.53. The molecule has 2 rings (SSSR count). The summed E-state index contributed by atoms with van der Waals surface area (Å²) in [6.45, 7) is 3.25. The number of rotatable bonds is 5. The van der Waals surface area contributed by atoms with E-state index in [1.807, 2.05) is 0 Å². The second-order valence-electron chi connectivity index (χ2n) is 3.94. The third-order valence-electron chi connectivity index (χ3n) is 2.99. The first kappa shape index (κ1) is 11.4. The van der Waals surface area contributed by atoms with E-state index in [-0.39, 0.29) is 0 Å². The van der Waals surface area contributed by atoms with Crippen molar-refractivity contribution in [2.75, 3.05) is 16.8 Å². The Morgan fingerprint density at radius 3 is 2.87 bits per heavy atom. The van der Waals surface area contributed by atoms with Crippen molar-refractivity contribution in [1.82, 2.24) is 4.98 Å². The summed E-state index contributed by atoms with van der Waals surface area (Å²) in [5.41, 5.74) is 1.23. The lowest BCUT2D eigenvalue weighted by atomic mass is 9.92. The summed E-state index contributed by atoms with van der Waals surface area (Å²) in [6.07, 6.45) is 5.11. The second-order valence-corrected chi connectivity index (χ2v) is 5.57. The minimum atomic E-state index is 0.749. The molecule has 0 N–H and O–H groups in total. The minimum Gasteiger partial charge on any atom is -0.344 e. The van der Waals surface area contributed by atoms with E-state index in [2.05, 4.69) is 38.1 Å². The smallest absolute Gasteiger partial charge is 0.185 e. The molecule has 1 saturated carbocycles. The van der Waals surface area contributed by atoms with E-state index < -0.39 is 0 Å². The highest BCUT2D eigenvalue weighted by Gasteiger charge is 2.26. The summed E-state index contributed by atoms with van der Waals surface area (Å²) < 4.78 is 0. The van der Waals surface area contributed by atoms with Crippen LogP contribution in [0.15, 0.2) is 5.38 Å². The second kappa shape index (κ2) is 5.30. The highest BCUT2D eigenvalue weighted by Crippen LogP contribution is 2.31. The molecule has 0 aromatic carbocycles. The van der Waals surface area contributed by atoms with Gasteiger partial charge in [0.05, 0.1) is 5.69 Å². The van der Waals surface area contributed by atoms with Gasteiger partial charge in [0, 0.05) is 23.3 Å². The highest BCUT2D eigenvalue weighted by molar-refractivity contribution is 9.09. The molecule has 0 bridgehead atoms. The van der Waals surface area contributed by atoms with Gasteiger partial charge in [0.1, 0.15) is 0 Å². The normalized spacial score (nSPS) is 16.4. The molecule has 0 aliphatic heterocycles. The summed E-state index contributed by atoms with van der Waals surface area (Å²) in [7, 11) is 0. The van der Waals surface area contributed by atoms with E-state index in [4.69, 9.17) is 0 Å². The van der Waals surface area contributed by atoms with Crippen molar-refractivity contribution in [3.8, 4) is 0 Å². The molecular formula is C11H17BrN2S. The van der Waals surface area contributed by atoms with Crippen LogP contribution in [-0.4, -0.2) is 22.9 Å². The number of aromatic nitrogens is 1. The number of anilines is 1. The lowest BCUT2D eigenvalue weighted by Crippen LogP contribution is -2.41. The van der Waals surface area contributed by atoms with Crippen molar-refractivity contribution in [2.24, 2.45) is 0 Å². The minimum absolute atomic E-state index is 0.749. The zero-order valence-electron chi connectivity index (χ0n) is 9.08. The summed E-state index contributed by atoms with van der Waals surface area (Å²) in [5.74, 6) is 0. The molecule has 1 aliphatic rings. The van der Waals surface area contributed by atoms with Crippen molar-refractivity contribution in [2.45, 2.75) is 38.6 Å². The molecule has 1 aromatic rings. The first-order chi connectivity index (χ1) is 7.35. The van der Waals surface area contributed by atoms with Gasteiger partial charge < -0.3 is 4.90 Å². The number of alkyl halides is 1. The summed E-state index contributed by atoms with van der Waals surface area (Å²) in [5, 5.41) is 4.44. The molecule has 4 heteroatoms. The van der Waals surface area contributed by atoms with Crippen LogP contribution in [0.4, 0.5) is 5.13 Å². The van der Waals surface area contributed by atoms with Gasteiger partial charge in [-0.15, -0.1) is 11.3 Å². The summed E-state index contributed by atoms with van der Waals surface area (Å²) in [4.78, 5) is 7.15. The van der Waals surface area contributed by atoms with Crippen LogP contribution in [0.25, 0.3) is 0 Å². The van der Waals surface area contributed by atoms with Gasteiger partial charge in [-0.2, -0.15) is 0 Å². The van der Waals surface area contributed by atoms with Crippen LogP contribution in [0.3, 0.4) is 0 Å². The standard InChI is InChI=1S/C11H17BrN2S/c1-2-9-8-15-11(13-9)14(7-6-12)10-4-3-5-10/h8,10H,2-7H2,1H3. The first-order valence-electron chi connectivity index (χ1n) is 5.62. The van der Waals surface area contributed by atoms with Crippen molar-refractivity contribution in [1.29, 1.82) is 0 Å². The maximum absolute atomic E-state index is 4.67. The van der Waals surface area contributed by atoms with Gasteiger partial charge in [0.15, 0.2) is 5.13 Å². The van der Waals surface area contributed by atoms with E-state index in [9.17, 15) is 0 Å². The number of hydrogen-bond donors (Lipinski definition) is 0. The Bertz CT molecular complexity index is 309. The molecule has 0 saturated heterocycles. The van der Waals surface area contributed by atoms with E-state index in [1.54, 1.807) is 11.3 Å². The summed E-state index contributed by atoms with van der Waals surface area (Å²) >= 11 is 5.32. The number of halogens is 1. The fourth-order valence-corrected chi connectivity index (χ4v) is 3.20. The van der Waals surface area contributed by atoms with Crippen LogP contribution in [0, 0.1) is 0 Å². The maximum atomic E-state index is 4.67. The van der Waals surface area contributed by atoms with E-state index >= 15 is 0 Å². The Balaban J connectivity index is 2.08. The fourth-order valence-electron chi connectivity index (χ4n) is 1.81. The van der Waals surface area contributed by atoms with Gasteiger partial charge in [-0.05, 0) is 25.7 Å². The average Bonchev–Trinajstić information content (AvgIpc) is 2.62. The molecular weight excluding hydrogens is 272 g/mol. The zero-order valence-corrected chi connectivity index (χ0v) is 11.5. The van der Waals surface area contributed by atoms with Crippen molar-refractivity contribution in [3.05, 3.63) is 11.1 Å². The van der Waals surface area contributed by atoms with Gasteiger partial charge in [-0.25, -0.2) is 4.98 Å². The fraction of sp³-hybridized carbons (Fsp3) is 0.727.